The molecule has 0 fully saturated rings. The van der Waals surface area contributed by atoms with E-state index in [1.807, 2.05) is 37.5 Å². The van der Waals surface area contributed by atoms with E-state index in [0.717, 1.165) is 17.7 Å². The molecule has 0 aromatic carbocycles. The van der Waals surface area contributed by atoms with Crippen LogP contribution in [0.15, 0.2) is 49.1 Å². The highest BCUT2D eigenvalue weighted by Crippen LogP contribution is 2.05. The lowest BCUT2D eigenvalue weighted by atomic mass is 10.3. The van der Waals surface area contributed by atoms with E-state index < -0.39 is 0 Å². The van der Waals surface area contributed by atoms with Crippen LogP contribution in [0.2, 0.25) is 0 Å². The van der Waals surface area contributed by atoms with E-state index in [-0.39, 0.29) is 12.5 Å². The number of pyridine rings is 1. The summed E-state index contributed by atoms with van der Waals surface area (Å²) in [4.78, 5) is 16.2. The van der Waals surface area contributed by atoms with Crippen molar-refractivity contribution in [2.75, 3.05) is 5.32 Å². The van der Waals surface area contributed by atoms with Crippen LogP contribution in [0.1, 0.15) is 11.3 Å². The molecule has 0 atom stereocenters. The summed E-state index contributed by atoms with van der Waals surface area (Å²) in [5.41, 5.74) is 2.04. The van der Waals surface area contributed by atoms with Crippen molar-refractivity contribution in [3.8, 4) is 0 Å². The Kier molecular flexibility index (Phi) is 4.46. The smallest absolute Gasteiger partial charge is 0.247 e. The molecule has 0 spiro atoms. The van der Waals surface area contributed by atoms with Crippen molar-refractivity contribution in [3.05, 3.63) is 60.3 Å². The zero-order valence-electron chi connectivity index (χ0n) is 12.9. The number of aryl methyl sites for hydroxylation is 3. The molecule has 7 heteroatoms. The van der Waals surface area contributed by atoms with Crippen LogP contribution in [0.3, 0.4) is 0 Å². The quantitative estimate of drug-likeness (QED) is 0.751. The first-order valence-corrected chi connectivity index (χ1v) is 7.41. The minimum atomic E-state index is -0.150. The number of hydrogen-bond acceptors (Lipinski definition) is 4. The van der Waals surface area contributed by atoms with Crippen LogP contribution in [-0.2, 0) is 24.3 Å². The second-order valence-electron chi connectivity index (χ2n) is 5.30. The first-order chi connectivity index (χ1) is 11.2. The Morgan fingerprint density at radius 2 is 2.17 bits per heavy atom. The molecule has 1 amide bonds. The lowest BCUT2D eigenvalue weighted by molar-refractivity contribution is -0.116. The molecule has 0 aliphatic rings. The first-order valence-electron chi connectivity index (χ1n) is 7.41. The van der Waals surface area contributed by atoms with Gasteiger partial charge in [-0.2, -0.15) is 10.2 Å². The van der Waals surface area contributed by atoms with Gasteiger partial charge >= 0.3 is 0 Å². The molecule has 0 aliphatic heterocycles. The Morgan fingerprint density at radius 3 is 2.91 bits per heavy atom. The van der Waals surface area contributed by atoms with E-state index in [9.17, 15) is 4.79 Å². The monoisotopic (exact) mass is 310 g/mol. The van der Waals surface area contributed by atoms with Gasteiger partial charge in [-0.05, 0) is 24.6 Å². The summed E-state index contributed by atoms with van der Waals surface area (Å²) in [6, 6.07) is 7.63. The van der Waals surface area contributed by atoms with Gasteiger partial charge in [-0.15, -0.1) is 0 Å². The third-order valence-electron chi connectivity index (χ3n) is 3.30. The van der Waals surface area contributed by atoms with Crippen LogP contribution >= 0.6 is 0 Å². The fourth-order valence-electron chi connectivity index (χ4n) is 2.21. The van der Waals surface area contributed by atoms with E-state index in [1.54, 1.807) is 27.8 Å². The molecule has 7 nitrogen and oxygen atoms in total. The van der Waals surface area contributed by atoms with Crippen molar-refractivity contribution >= 4 is 11.7 Å². The molecule has 0 radical (unpaired) electrons. The number of aromatic nitrogens is 5. The maximum Gasteiger partial charge on any atom is 0.247 e. The normalized spacial score (nSPS) is 10.7. The van der Waals surface area contributed by atoms with Gasteiger partial charge < -0.3 is 5.32 Å². The first kappa shape index (κ1) is 15.0. The number of amides is 1. The molecule has 0 bridgehead atoms. The summed E-state index contributed by atoms with van der Waals surface area (Å²) in [5, 5.41) is 11.2. The molecule has 23 heavy (non-hydrogen) atoms. The number of nitrogens with zero attached hydrogens (tertiary/aromatic N) is 5. The molecular weight excluding hydrogens is 292 g/mol. The van der Waals surface area contributed by atoms with Crippen molar-refractivity contribution in [1.29, 1.82) is 0 Å². The predicted octanol–water partition coefficient (Wildman–Crippen LogP) is 1.66. The van der Waals surface area contributed by atoms with Gasteiger partial charge in [-0.1, -0.05) is 6.07 Å². The van der Waals surface area contributed by atoms with Gasteiger partial charge in [0.05, 0.1) is 6.20 Å². The molecule has 3 aromatic heterocycles. The van der Waals surface area contributed by atoms with Gasteiger partial charge in [0.2, 0.25) is 5.91 Å². The van der Waals surface area contributed by atoms with Crippen LogP contribution in [-0.4, -0.2) is 30.5 Å². The summed E-state index contributed by atoms with van der Waals surface area (Å²) in [6.07, 6.45) is 7.96. The maximum absolute atomic E-state index is 11.9. The van der Waals surface area contributed by atoms with Crippen LogP contribution in [0, 0.1) is 6.92 Å². The zero-order valence-corrected chi connectivity index (χ0v) is 12.9. The Bertz CT molecular complexity index is 777. The van der Waals surface area contributed by atoms with Crippen molar-refractivity contribution in [1.82, 2.24) is 24.5 Å². The Hall–Kier alpha value is -2.96. The van der Waals surface area contributed by atoms with Gasteiger partial charge in [0.25, 0.3) is 0 Å². The summed E-state index contributed by atoms with van der Waals surface area (Å²) >= 11 is 0. The van der Waals surface area contributed by atoms with Gasteiger partial charge in [-0.3, -0.25) is 19.1 Å². The van der Waals surface area contributed by atoms with Gasteiger partial charge in [0.15, 0.2) is 5.82 Å². The topological polar surface area (TPSA) is 77.6 Å². The van der Waals surface area contributed by atoms with E-state index in [2.05, 4.69) is 20.5 Å². The predicted molar refractivity (Wildman–Crippen MR) is 85.8 cm³/mol. The van der Waals surface area contributed by atoms with Gasteiger partial charge in [0, 0.05) is 43.3 Å². The van der Waals surface area contributed by atoms with Crippen LogP contribution < -0.4 is 5.32 Å². The second-order valence-corrected chi connectivity index (χ2v) is 5.30. The number of rotatable bonds is 6. The third kappa shape index (κ3) is 4.26. The fourth-order valence-corrected chi connectivity index (χ4v) is 2.21. The Morgan fingerprint density at radius 1 is 1.26 bits per heavy atom. The Labute approximate surface area is 134 Å². The summed E-state index contributed by atoms with van der Waals surface area (Å²) < 4.78 is 3.39. The lowest BCUT2D eigenvalue weighted by Gasteiger charge is -2.03. The maximum atomic E-state index is 11.9. The standard InChI is InChI=1S/C16H18N6O/c1-13-10-18-22(11-13)12-16(23)19-15-6-9-21(20-15)8-5-14-4-2-3-7-17-14/h2-4,6-7,9-11H,5,8,12H2,1H3,(H,19,20,23). The molecule has 3 rings (SSSR count). The summed E-state index contributed by atoms with van der Waals surface area (Å²) in [6.45, 7) is 2.82. The van der Waals surface area contributed by atoms with E-state index in [1.165, 1.54) is 0 Å². The summed E-state index contributed by atoms with van der Waals surface area (Å²) in [5.74, 6) is 0.392. The van der Waals surface area contributed by atoms with Crippen molar-refractivity contribution in [2.45, 2.75) is 26.4 Å². The Balaban J connectivity index is 1.51. The van der Waals surface area contributed by atoms with Gasteiger partial charge in [0.1, 0.15) is 6.54 Å². The summed E-state index contributed by atoms with van der Waals surface area (Å²) in [7, 11) is 0. The third-order valence-corrected chi connectivity index (χ3v) is 3.30. The van der Waals surface area contributed by atoms with E-state index in [4.69, 9.17) is 0 Å². The van der Waals surface area contributed by atoms with Crippen LogP contribution in [0.5, 0.6) is 0 Å². The largest absolute Gasteiger partial charge is 0.308 e. The zero-order chi connectivity index (χ0) is 16.1. The SMILES string of the molecule is Cc1cnn(CC(=O)Nc2ccn(CCc3ccccn3)n2)c1. The molecule has 118 valence electrons. The minimum absolute atomic E-state index is 0.150. The molecular formula is C16H18N6O. The highest BCUT2D eigenvalue weighted by Gasteiger charge is 2.07. The van der Waals surface area contributed by atoms with Gasteiger partial charge in [-0.25, -0.2) is 0 Å². The number of anilines is 1. The van der Waals surface area contributed by atoms with Crippen molar-refractivity contribution in [3.63, 3.8) is 0 Å². The van der Waals surface area contributed by atoms with Crippen molar-refractivity contribution < 1.29 is 4.79 Å². The molecule has 0 saturated heterocycles. The average molecular weight is 310 g/mol. The molecule has 1 N–H and O–H groups in total. The van der Waals surface area contributed by atoms with Crippen LogP contribution in [0.4, 0.5) is 5.82 Å². The molecule has 3 aromatic rings. The highest BCUT2D eigenvalue weighted by atomic mass is 16.2. The minimum Gasteiger partial charge on any atom is -0.308 e. The average Bonchev–Trinajstić information content (AvgIpc) is 3.15. The fraction of sp³-hybridized carbons (Fsp3) is 0.250. The number of carbonyl (C=O) groups is 1. The number of hydrogen-bond donors (Lipinski definition) is 1. The number of carbonyl (C=O) groups excluding carboxylic acids is 1. The second kappa shape index (κ2) is 6.87. The molecule has 0 aliphatic carbocycles. The van der Waals surface area contributed by atoms with Crippen LogP contribution in [0.25, 0.3) is 0 Å². The van der Waals surface area contributed by atoms with E-state index >= 15 is 0 Å². The number of nitrogens with one attached hydrogen (secondary N) is 1. The molecule has 0 unspecified atom stereocenters. The van der Waals surface area contributed by atoms with E-state index in [0.29, 0.717) is 12.4 Å². The highest BCUT2D eigenvalue weighted by molar-refractivity contribution is 5.89. The molecule has 0 saturated carbocycles. The lowest BCUT2D eigenvalue weighted by Crippen LogP contribution is -2.19. The molecule has 3 heterocycles. The van der Waals surface area contributed by atoms with Crippen molar-refractivity contribution in [2.24, 2.45) is 0 Å².